The van der Waals surface area contributed by atoms with Gasteiger partial charge >= 0.3 is 0 Å². The highest BCUT2D eigenvalue weighted by molar-refractivity contribution is 4.99. The Morgan fingerprint density at radius 1 is 1.13 bits per heavy atom. The summed E-state index contributed by atoms with van der Waals surface area (Å²) < 4.78 is 5.66. The van der Waals surface area contributed by atoms with E-state index in [1.165, 1.54) is 51.4 Å². The summed E-state index contributed by atoms with van der Waals surface area (Å²) in [5, 5.41) is 0. The van der Waals surface area contributed by atoms with Gasteiger partial charge in [-0.15, -0.1) is 0 Å². The molecule has 0 radical (unpaired) electrons. The Labute approximate surface area is 94.2 Å². The molecule has 0 N–H and O–H groups in total. The minimum absolute atomic E-state index is 0.485. The van der Waals surface area contributed by atoms with Crippen LogP contribution in [0.5, 0.6) is 0 Å². The Balaban J connectivity index is 2.02. The van der Waals surface area contributed by atoms with Gasteiger partial charge in [0.1, 0.15) is 0 Å². The van der Waals surface area contributed by atoms with E-state index >= 15 is 0 Å². The number of unbranched alkanes of at least 4 members (excludes halogenated alkanes) is 2. The Morgan fingerprint density at radius 2 is 1.93 bits per heavy atom. The van der Waals surface area contributed by atoms with E-state index in [0.29, 0.717) is 6.10 Å². The normalized spacial score (nSPS) is 19.0. The smallest absolute Gasteiger partial charge is 0.0978 e. The molecular weight excluding hydrogens is 184 g/mol. The van der Waals surface area contributed by atoms with Crippen LogP contribution >= 0.6 is 0 Å². The molecule has 1 saturated carbocycles. The van der Waals surface area contributed by atoms with Crippen molar-refractivity contribution < 1.29 is 4.74 Å². The lowest BCUT2D eigenvalue weighted by Gasteiger charge is -2.20. The third kappa shape index (κ3) is 6.38. The van der Waals surface area contributed by atoms with Crippen LogP contribution in [0.2, 0.25) is 0 Å². The number of rotatable bonds is 6. The SMILES string of the molecule is CCCCC=CC=COC1CCCCC1. The summed E-state index contributed by atoms with van der Waals surface area (Å²) in [6.45, 7) is 2.22. The Bertz CT molecular complexity index is 188. The van der Waals surface area contributed by atoms with Gasteiger partial charge in [0.05, 0.1) is 12.4 Å². The van der Waals surface area contributed by atoms with Crippen LogP contribution in [-0.4, -0.2) is 6.10 Å². The summed E-state index contributed by atoms with van der Waals surface area (Å²) in [6, 6.07) is 0. The minimum atomic E-state index is 0.485. The fraction of sp³-hybridized carbons (Fsp3) is 0.714. The van der Waals surface area contributed by atoms with Gasteiger partial charge in [0.2, 0.25) is 0 Å². The lowest BCUT2D eigenvalue weighted by Crippen LogP contribution is -2.13. The molecule has 0 aromatic carbocycles. The molecule has 0 spiro atoms. The standard InChI is InChI=1S/C14H24O/c1-2-3-4-5-6-10-13-15-14-11-8-7-9-12-14/h5-6,10,13-14H,2-4,7-9,11-12H2,1H3. The van der Waals surface area contributed by atoms with Crippen molar-refractivity contribution in [1.29, 1.82) is 0 Å². The number of hydrogen-bond acceptors (Lipinski definition) is 1. The molecule has 0 amide bonds. The number of hydrogen-bond donors (Lipinski definition) is 0. The van der Waals surface area contributed by atoms with Crippen molar-refractivity contribution in [3.8, 4) is 0 Å². The first-order chi connectivity index (χ1) is 7.43. The van der Waals surface area contributed by atoms with Crippen molar-refractivity contribution in [3.63, 3.8) is 0 Å². The zero-order chi connectivity index (χ0) is 10.8. The van der Waals surface area contributed by atoms with E-state index in [4.69, 9.17) is 4.74 Å². The first-order valence-corrected chi connectivity index (χ1v) is 6.40. The van der Waals surface area contributed by atoms with Crippen molar-refractivity contribution in [2.75, 3.05) is 0 Å². The second-order valence-electron chi connectivity index (χ2n) is 4.30. The van der Waals surface area contributed by atoms with Crippen LogP contribution in [-0.2, 0) is 4.74 Å². The molecule has 0 bridgehead atoms. The summed E-state index contributed by atoms with van der Waals surface area (Å²) >= 11 is 0. The highest BCUT2D eigenvalue weighted by atomic mass is 16.5. The summed E-state index contributed by atoms with van der Waals surface area (Å²) in [5.41, 5.74) is 0. The van der Waals surface area contributed by atoms with E-state index in [2.05, 4.69) is 19.1 Å². The maximum atomic E-state index is 5.66. The summed E-state index contributed by atoms with van der Waals surface area (Å²) in [7, 11) is 0. The third-order valence-corrected chi connectivity index (χ3v) is 2.87. The van der Waals surface area contributed by atoms with Crippen molar-refractivity contribution >= 4 is 0 Å². The van der Waals surface area contributed by atoms with Crippen molar-refractivity contribution in [2.45, 2.75) is 64.4 Å². The van der Waals surface area contributed by atoms with Gasteiger partial charge in [0, 0.05) is 0 Å². The Morgan fingerprint density at radius 3 is 2.67 bits per heavy atom. The first kappa shape index (κ1) is 12.4. The van der Waals surface area contributed by atoms with Crippen LogP contribution in [0.15, 0.2) is 24.5 Å². The van der Waals surface area contributed by atoms with Gasteiger partial charge in [-0.3, -0.25) is 0 Å². The van der Waals surface area contributed by atoms with E-state index < -0.39 is 0 Å². The molecule has 1 fully saturated rings. The molecule has 1 aliphatic rings. The van der Waals surface area contributed by atoms with Crippen LogP contribution in [0.25, 0.3) is 0 Å². The molecule has 0 saturated heterocycles. The lowest BCUT2D eigenvalue weighted by molar-refractivity contribution is 0.106. The molecule has 1 rings (SSSR count). The second-order valence-corrected chi connectivity index (χ2v) is 4.30. The molecule has 15 heavy (non-hydrogen) atoms. The molecule has 1 aliphatic carbocycles. The largest absolute Gasteiger partial charge is 0.498 e. The molecule has 0 aromatic heterocycles. The van der Waals surface area contributed by atoms with Gasteiger partial charge < -0.3 is 4.74 Å². The molecule has 0 aliphatic heterocycles. The van der Waals surface area contributed by atoms with Gasteiger partial charge in [0.25, 0.3) is 0 Å². The fourth-order valence-corrected chi connectivity index (χ4v) is 1.90. The monoisotopic (exact) mass is 208 g/mol. The van der Waals surface area contributed by atoms with Crippen LogP contribution in [0.1, 0.15) is 58.3 Å². The van der Waals surface area contributed by atoms with Crippen LogP contribution in [0, 0.1) is 0 Å². The Kier molecular flexibility index (Phi) is 7.06. The number of allylic oxidation sites excluding steroid dienone is 3. The average Bonchev–Trinajstić information content (AvgIpc) is 2.29. The van der Waals surface area contributed by atoms with E-state index in [0.717, 1.165) is 0 Å². The zero-order valence-corrected chi connectivity index (χ0v) is 9.95. The van der Waals surface area contributed by atoms with Gasteiger partial charge in [0.15, 0.2) is 0 Å². The average molecular weight is 208 g/mol. The molecule has 86 valence electrons. The highest BCUT2D eigenvalue weighted by Crippen LogP contribution is 2.20. The lowest BCUT2D eigenvalue weighted by atomic mass is 9.98. The summed E-state index contributed by atoms with van der Waals surface area (Å²) in [4.78, 5) is 0. The fourth-order valence-electron chi connectivity index (χ4n) is 1.90. The summed E-state index contributed by atoms with van der Waals surface area (Å²) in [6.07, 6.45) is 19.0. The molecule has 1 heteroatoms. The van der Waals surface area contributed by atoms with Crippen LogP contribution in [0.3, 0.4) is 0 Å². The van der Waals surface area contributed by atoms with Crippen LogP contribution < -0.4 is 0 Å². The predicted molar refractivity (Wildman–Crippen MR) is 65.8 cm³/mol. The first-order valence-electron chi connectivity index (χ1n) is 6.40. The predicted octanol–water partition coefficient (Wildman–Crippen LogP) is 4.60. The maximum Gasteiger partial charge on any atom is 0.0978 e. The van der Waals surface area contributed by atoms with Gasteiger partial charge in [-0.05, 0) is 38.2 Å². The van der Waals surface area contributed by atoms with Gasteiger partial charge in [-0.25, -0.2) is 0 Å². The molecule has 0 unspecified atom stereocenters. The molecule has 1 nitrogen and oxygen atoms in total. The van der Waals surface area contributed by atoms with Crippen molar-refractivity contribution in [3.05, 3.63) is 24.5 Å². The van der Waals surface area contributed by atoms with E-state index in [1.807, 2.05) is 12.3 Å². The maximum absolute atomic E-state index is 5.66. The number of ether oxygens (including phenoxy) is 1. The van der Waals surface area contributed by atoms with Crippen LogP contribution in [0.4, 0.5) is 0 Å². The van der Waals surface area contributed by atoms with E-state index in [9.17, 15) is 0 Å². The van der Waals surface area contributed by atoms with Gasteiger partial charge in [-0.1, -0.05) is 38.3 Å². The zero-order valence-electron chi connectivity index (χ0n) is 9.95. The molecule has 0 heterocycles. The minimum Gasteiger partial charge on any atom is -0.498 e. The summed E-state index contributed by atoms with van der Waals surface area (Å²) in [5.74, 6) is 0. The third-order valence-electron chi connectivity index (χ3n) is 2.87. The van der Waals surface area contributed by atoms with E-state index in [-0.39, 0.29) is 0 Å². The molecular formula is C14H24O. The second kappa shape index (κ2) is 8.58. The van der Waals surface area contributed by atoms with Gasteiger partial charge in [-0.2, -0.15) is 0 Å². The topological polar surface area (TPSA) is 9.23 Å². The quantitative estimate of drug-likeness (QED) is 0.352. The highest BCUT2D eigenvalue weighted by Gasteiger charge is 2.12. The van der Waals surface area contributed by atoms with Crippen molar-refractivity contribution in [2.24, 2.45) is 0 Å². The molecule has 0 atom stereocenters. The molecule has 0 aromatic rings. The Hall–Kier alpha value is -0.720. The van der Waals surface area contributed by atoms with E-state index in [1.54, 1.807) is 0 Å². The van der Waals surface area contributed by atoms with Crippen molar-refractivity contribution in [1.82, 2.24) is 0 Å².